The summed E-state index contributed by atoms with van der Waals surface area (Å²) in [5.41, 5.74) is 15.3. The van der Waals surface area contributed by atoms with Crippen LogP contribution >= 0.6 is 31.3 Å². The number of aromatic amines is 2. The zero-order valence-corrected chi connectivity index (χ0v) is 41.7. The van der Waals surface area contributed by atoms with Crippen molar-refractivity contribution in [3.05, 3.63) is 46.0 Å². The number of nitrogen functional groups attached to an aromatic ring is 3. The van der Waals surface area contributed by atoms with Crippen LogP contribution in [0.3, 0.4) is 0 Å². The van der Waals surface area contributed by atoms with E-state index in [0.717, 1.165) is 35.2 Å². The summed E-state index contributed by atoms with van der Waals surface area (Å²) in [6, 6.07) is 0. The first kappa shape index (κ1) is 56.1. The maximum absolute atomic E-state index is 13.5. The molecule has 14 atom stereocenters. The van der Waals surface area contributed by atoms with Gasteiger partial charge in [-0.25, -0.2) is 37.9 Å². The molecule has 412 valence electrons. The van der Waals surface area contributed by atoms with Gasteiger partial charge in [0.2, 0.25) is 17.7 Å². The maximum Gasteiger partial charge on any atom is 0.487 e. The van der Waals surface area contributed by atoms with Crippen LogP contribution in [-0.2, 0) is 71.0 Å². The number of aromatic nitrogens is 12. The SMILES string of the molecule is CO[C@H]1C(OP(=O)([O-])OC[C@H](CO)O[C@H](CO)n2cnc3c(=O)[nH]c(N)nc32)[C@@H](COP(=O)(O)OP(=O)(O)OP(=O)([O-])OC[C@H]2O[C@@H]([n+]3cn(C)c4c(=O)[nH]c(N)nc43)[C@@H](O)C2O)O[C@H]1n1cnc2c(N)ncnc21. The van der Waals surface area contributed by atoms with Gasteiger partial charge >= 0.3 is 21.3 Å². The van der Waals surface area contributed by atoms with Crippen LogP contribution in [0.2, 0.25) is 0 Å². The van der Waals surface area contributed by atoms with Gasteiger partial charge in [-0.15, -0.1) is 0 Å². The molecule has 6 aromatic heterocycles. The van der Waals surface area contributed by atoms with Gasteiger partial charge in [-0.2, -0.15) is 9.29 Å². The van der Waals surface area contributed by atoms with Crippen molar-refractivity contribution in [2.45, 2.75) is 61.4 Å². The number of hydrogen-bond acceptors (Lipinski definition) is 31. The number of hydrogen-bond donors (Lipinski definition) is 11. The van der Waals surface area contributed by atoms with Gasteiger partial charge in [0.25, 0.3) is 32.7 Å². The van der Waals surface area contributed by atoms with Gasteiger partial charge in [0.15, 0.2) is 41.4 Å². The van der Waals surface area contributed by atoms with Crippen molar-refractivity contribution in [1.29, 1.82) is 0 Å². The fraction of sp³-hybridized carbons (Fsp3) is 0.531. The van der Waals surface area contributed by atoms with Gasteiger partial charge in [-0.05, 0) is 0 Å². The highest BCUT2D eigenvalue weighted by molar-refractivity contribution is 7.66. The normalized spacial score (nSPS) is 26.3. The summed E-state index contributed by atoms with van der Waals surface area (Å²) in [6.45, 7) is -5.35. The van der Waals surface area contributed by atoms with E-state index in [9.17, 15) is 67.8 Å². The average Bonchev–Trinajstić information content (AvgIpc) is 4.14. The molecule has 6 aromatic rings. The molecule has 2 fully saturated rings. The third-order valence-electron chi connectivity index (χ3n) is 11.0. The van der Waals surface area contributed by atoms with Crippen LogP contribution in [0.5, 0.6) is 0 Å². The summed E-state index contributed by atoms with van der Waals surface area (Å²) in [7, 11) is -21.6. The number of H-pyrrole nitrogens is 2. The molecule has 75 heavy (non-hydrogen) atoms. The van der Waals surface area contributed by atoms with Crippen molar-refractivity contribution in [2.75, 3.05) is 57.3 Å². The number of phosphoric acid groups is 4. The first-order valence-corrected chi connectivity index (χ1v) is 27.0. The number of nitrogens with one attached hydrogen (secondary N) is 2. The molecule has 0 radical (unpaired) electrons. The Kier molecular flexibility index (Phi) is 16.2. The highest BCUT2D eigenvalue weighted by atomic mass is 31.3. The third kappa shape index (κ3) is 12.0. The monoisotopic (exact) mass is 1150 g/mol. The Hall–Kier alpha value is -5.15. The summed E-state index contributed by atoms with van der Waals surface area (Å²) in [4.78, 5) is 100. The van der Waals surface area contributed by atoms with Crippen molar-refractivity contribution in [1.82, 2.24) is 53.6 Å². The fourth-order valence-corrected chi connectivity index (χ4v) is 12.2. The highest BCUT2D eigenvalue weighted by Gasteiger charge is 2.51. The molecule has 0 spiro atoms. The smallest absolute Gasteiger partial charge is 0.487 e. The van der Waals surface area contributed by atoms with E-state index in [0.29, 0.717) is 0 Å². The van der Waals surface area contributed by atoms with Crippen molar-refractivity contribution >= 4 is 82.5 Å². The summed E-state index contributed by atoms with van der Waals surface area (Å²) in [5, 5.41) is 41.6. The Labute approximate surface area is 415 Å². The number of rotatable bonds is 23. The molecule has 6 unspecified atom stereocenters. The molecule has 8 rings (SSSR count). The number of nitrogens with two attached hydrogens (primary N) is 3. The van der Waals surface area contributed by atoms with E-state index < -0.39 is 137 Å². The van der Waals surface area contributed by atoms with Crippen molar-refractivity contribution in [3.63, 3.8) is 0 Å². The van der Waals surface area contributed by atoms with E-state index in [1.807, 2.05) is 0 Å². The number of aliphatic hydroxyl groups excluding tert-OH is 4. The quantitative estimate of drug-likeness (QED) is 0.0210. The maximum atomic E-state index is 13.5. The molecule has 39 nitrogen and oxygen atoms in total. The van der Waals surface area contributed by atoms with Crippen molar-refractivity contribution < 1.29 is 108 Å². The molecular weight excluding hydrogens is 1100 g/mol. The Morgan fingerprint density at radius 2 is 1.51 bits per heavy atom. The Morgan fingerprint density at radius 3 is 2.21 bits per heavy atom. The Bertz CT molecular complexity index is 3390. The molecule has 14 N–H and O–H groups in total. The van der Waals surface area contributed by atoms with Gasteiger partial charge in [-0.1, -0.05) is 4.98 Å². The molecule has 2 saturated heterocycles. The van der Waals surface area contributed by atoms with Crippen LogP contribution in [0.4, 0.5) is 17.7 Å². The second-order valence-electron chi connectivity index (χ2n) is 16.0. The van der Waals surface area contributed by atoms with Gasteiger partial charge in [0, 0.05) is 7.11 Å². The molecule has 0 aromatic carbocycles. The zero-order valence-electron chi connectivity index (χ0n) is 38.1. The zero-order chi connectivity index (χ0) is 54.5. The molecule has 43 heteroatoms. The van der Waals surface area contributed by atoms with Crippen LogP contribution < -0.4 is 42.7 Å². The number of aliphatic hydroxyl groups is 4. The molecule has 0 saturated carbocycles. The topological polar surface area (TPSA) is 568 Å². The number of phosphoric ester groups is 3. The average molecular weight is 1150 g/mol. The van der Waals surface area contributed by atoms with Crippen LogP contribution in [-0.4, -0.2) is 167 Å². The minimum Gasteiger partial charge on any atom is -0.756 e. The highest BCUT2D eigenvalue weighted by Crippen LogP contribution is 2.67. The number of aryl methyl sites for hydroxylation is 1. The first-order chi connectivity index (χ1) is 35.2. The molecule has 0 bridgehead atoms. The predicted molar refractivity (Wildman–Crippen MR) is 237 cm³/mol. The van der Waals surface area contributed by atoms with Crippen LogP contribution in [0, 0.1) is 0 Å². The van der Waals surface area contributed by atoms with E-state index in [1.54, 1.807) is 0 Å². The lowest BCUT2D eigenvalue weighted by molar-refractivity contribution is -0.745. The molecule has 2 aliphatic heterocycles. The van der Waals surface area contributed by atoms with Crippen molar-refractivity contribution in [3.8, 4) is 0 Å². The molecular formula is C32H44N15O24P4-. The standard InChI is InChI=1S/C32H45N15O24P4/c1-44-11-47(26-18(44)28(53)43-32(35)41-26)29-20(51)19(50)13(67-29)6-64-73(56,57)70-75(60,61)71-74(58,59)65-7-14-21(22(62-2)30(68-14)46-10-38-16-23(33)36-8-37-24(16)46)69-72(54,55)63-5-12(3-48)66-15(4-49)45-9-39-17-25(45)40-31(34)42-27(17)52/h8-15,19-22,29-30,48-51H,3-7H2,1-2H3,(H11-,33,34,35,36,37,40,41,42,43,52,53,54,55,56,57,58,59,60,61)/p-1/t12-,13+,14+,15+,19?,20-,21?,22-,29+,30+/m0/s1. The van der Waals surface area contributed by atoms with Gasteiger partial charge < -0.3 is 89.7 Å². The van der Waals surface area contributed by atoms with Gasteiger partial charge in [-0.3, -0.25) is 46.9 Å². The number of nitrogens with zero attached hydrogens (tertiary/aromatic N) is 10. The second-order valence-corrected chi connectivity index (χ2v) is 21.9. The van der Waals surface area contributed by atoms with Crippen LogP contribution in [0.15, 0.2) is 34.9 Å². The van der Waals surface area contributed by atoms with E-state index in [-0.39, 0.29) is 51.2 Å². The second kappa shape index (κ2) is 21.7. The summed E-state index contributed by atoms with van der Waals surface area (Å²) < 4.78 is 108. The van der Waals surface area contributed by atoms with E-state index in [4.69, 9.17) is 49.7 Å². The lowest BCUT2D eigenvalue weighted by Gasteiger charge is -2.32. The van der Waals surface area contributed by atoms with Gasteiger partial charge in [0.1, 0.15) is 54.6 Å². The van der Waals surface area contributed by atoms with Crippen molar-refractivity contribution in [2.24, 2.45) is 7.05 Å². The van der Waals surface area contributed by atoms with E-state index in [2.05, 4.69) is 53.0 Å². The fourth-order valence-electron chi connectivity index (χ4n) is 7.77. The summed E-state index contributed by atoms with van der Waals surface area (Å²) in [5.74, 6) is -0.746. The Balaban J connectivity index is 0.931. The predicted octanol–water partition coefficient (Wildman–Crippen LogP) is -5.73. The summed E-state index contributed by atoms with van der Waals surface area (Å²) >= 11 is 0. The lowest BCUT2D eigenvalue weighted by atomic mass is 10.1. The molecule has 0 amide bonds. The molecule has 8 heterocycles. The molecule has 0 aliphatic carbocycles. The minimum atomic E-state index is -6.28. The number of anilines is 3. The largest absolute Gasteiger partial charge is 0.756 e. The minimum absolute atomic E-state index is 0.0147. The lowest BCUT2D eigenvalue weighted by Crippen LogP contribution is -2.46. The number of fused-ring (bicyclic) bond motifs is 3. The molecule has 2 aliphatic rings. The third-order valence-corrected chi connectivity index (χ3v) is 16.2. The number of imidazole rings is 3. The van der Waals surface area contributed by atoms with Gasteiger partial charge in [0.05, 0.1) is 52.7 Å². The summed E-state index contributed by atoms with van der Waals surface area (Å²) in [6.07, 6.45) is -12.6. The van der Waals surface area contributed by atoms with Crippen LogP contribution in [0.25, 0.3) is 33.5 Å². The van der Waals surface area contributed by atoms with E-state index >= 15 is 0 Å². The number of ether oxygens (including phenoxy) is 4. The Morgan fingerprint density at radius 1 is 0.813 bits per heavy atom. The first-order valence-electron chi connectivity index (χ1n) is 21.1. The van der Waals surface area contributed by atoms with E-state index in [1.165, 1.54) is 22.5 Å². The number of methoxy groups -OCH3 is 1. The van der Waals surface area contributed by atoms with Crippen LogP contribution in [0.1, 0.15) is 18.7 Å².